The molecule has 0 unspecified atom stereocenters. The minimum atomic E-state index is -0.302. The number of hydrogen-bond donors (Lipinski definition) is 0. The van der Waals surface area contributed by atoms with Crippen molar-refractivity contribution in [3.05, 3.63) is 24.3 Å². The average Bonchev–Trinajstić information content (AvgIpc) is 2.15. The minimum Gasteiger partial charge on any atom is -0.497 e. The summed E-state index contributed by atoms with van der Waals surface area (Å²) in [5.41, 5.74) is 0. The van der Waals surface area contributed by atoms with Crippen LogP contribution in [0.15, 0.2) is 24.3 Å². The third kappa shape index (κ3) is 4.03. The fourth-order valence-electron chi connectivity index (χ4n) is 1.07. The van der Waals surface area contributed by atoms with Crippen molar-refractivity contribution < 1.29 is 4.74 Å². The van der Waals surface area contributed by atoms with Crippen molar-refractivity contribution in [3.63, 3.8) is 0 Å². The van der Waals surface area contributed by atoms with Crippen molar-refractivity contribution in [1.82, 2.24) is 0 Å². The van der Waals surface area contributed by atoms with Crippen LogP contribution in [0.3, 0.4) is 0 Å². The fraction of sp³-hybridized carbons (Fsp3) is 0.333. The van der Waals surface area contributed by atoms with E-state index in [2.05, 4.69) is 12.1 Å². The fourth-order valence-corrected chi connectivity index (χ4v) is 2.84. The van der Waals surface area contributed by atoms with Gasteiger partial charge < -0.3 is 4.74 Å². The molecule has 0 aliphatic carbocycles. The number of halogens is 2. The first kappa shape index (κ1) is 10.9. The highest BCUT2D eigenvalue weighted by atomic mass is 35.5. The summed E-state index contributed by atoms with van der Waals surface area (Å²) in [6.45, 7) is 0. The highest BCUT2D eigenvalue weighted by Gasteiger charge is 2.00. The van der Waals surface area contributed by atoms with Crippen molar-refractivity contribution in [1.29, 1.82) is 0 Å². The molecule has 0 bridgehead atoms. The molecule has 0 saturated carbocycles. The van der Waals surface area contributed by atoms with Crippen molar-refractivity contribution >= 4 is 37.9 Å². The highest BCUT2D eigenvalue weighted by molar-refractivity contribution is 6.58. The molecule has 13 heavy (non-hydrogen) atoms. The molecule has 0 amide bonds. The van der Waals surface area contributed by atoms with Crippen molar-refractivity contribution in [2.75, 3.05) is 7.11 Å². The molecule has 0 aliphatic heterocycles. The number of alkyl halides is 2. The van der Waals surface area contributed by atoms with Crippen LogP contribution in [0.5, 0.6) is 5.75 Å². The number of ether oxygens (including phenoxy) is 1. The zero-order chi connectivity index (χ0) is 9.68. The average molecular weight is 235 g/mol. The first-order valence-corrected chi connectivity index (χ1v) is 6.71. The lowest BCUT2D eigenvalue weighted by atomic mass is 10.3. The van der Waals surface area contributed by atoms with Crippen LogP contribution in [0.4, 0.5) is 0 Å². The van der Waals surface area contributed by atoms with E-state index in [9.17, 15) is 0 Å². The monoisotopic (exact) mass is 234 g/mol. The van der Waals surface area contributed by atoms with E-state index in [0.29, 0.717) is 0 Å². The maximum atomic E-state index is 5.66. The van der Waals surface area contributed by atoms with Crippen LogP contribution in [0, 0.1) is 0 Å². The standard InChI is InChI=1S/C9H12Cl2OSi/c1-12-7-2-4-8(5-3-7)13-6-9(10)11/h2-5,9H,6,13H2,1H3. The Hall–Kier alpha value is -0.183. The van der Waals surface area contributed by atoms with Gasteiger partial charge in [-0.1, -0.05) is 17.3 Å². The van der Waals surface area contributed by atoms with E-state index in [-0.39, 0.29) is 14.4 Å². The number of benzene rings is 1. The summed E-state index contributed by atoms with van der Waals surface area (Å²) in [6.07, 6.45) is 0. The number of rotatable bonds is 4. The van der Waals surface area contributed by atoms with Crippen LogP contribution in [0.2, 0.25) is 6.04 Å². The molecule has 0 spiro atoms. The molecule has 0 radical (unpaired) electrons. The Morgan fingerprint density at radius 3 is 2.38 bits per heavy atom. The van der Waals surface area contributed by atoms with Crippen molar-refractivity contribution in [2.45, 2.75) is 10.9 Å². The number of methoxy groups -OCH3 is 1. The smallest absolute Gasteiger partial charge is 0.118 e. The van der Waals surface area contributed by atoms with E-state index < -0.39 is 0 Å². The highest BCUT2D eigenvalue weighted by Crippen LogP contribution is 2.08. The van der Waals surface area contributed by atoms with E-state index in [1.54, 1.807) is 7.11 Å². The molecule has 4 heteroatoms. The van der Waals surface area contributed by atoms with Gasteiger partial charge in [-0.2, -0.15) is 0 Å². The molecule has 0 N–H and O–H groups in total. The zero-order valence-electron chi connectivity index (χ0n) is 7.47. The maximum Gasteiger partial charge on any atom is 0.118 e. The van der Waals surface area contributed by atoms with Crippen LogP contribution in [-0.4, -0.2) is 21.5 Å². The quantitative estimate of drug-likeness (QED) is 0.570. The van der Waals surface area contributed by atoms with E-state index in [4.69, 9.17) is 27.9 Å². The molecular weight excluding hydrogens is 223 g/mol. The summed E-state index contributed by atoms with van der Waals surface area (Å²) < 4.78 is 5.06. The molecular formula is C9H12Cl2OSi. The van der Waals surface area contributed by atoms with Gasteiger partial charge in [0.15, 0.2) is 0 Å². The second-order valence-corrected chi connectivity index (χ2v) is 5.95. The van der Waals surface area contributed by atoms with Gasteiger partial charge in [0, 0.05) is 0 Å². The molecule has 0 fully saturated rings. The van der Waals surface area contributed by atoms with Crippen LogP contribution in [0.1, 0.15) is 0 Å². The third-order valence-corrected chi connectivity index (χ3v) is 4.89. The van der Waals surface area contributed by atoms with E-state index in [0.717, 1.165) is 11.8 Å². The third-order valence-electron chi connectivity index (χ3n) is 1.81. The first-order chi connectivity index (χ1) is 6.22. The Morgan fingerprint density at radius 1 is 1.31 bits per heavy atom. The van der Waals surface area contributed by atoms with Crippen molar-refractivity contribution in [3.8, 4) is 5.75 Å². The molecule has 1 rings (SSSR count). The second kappa shape index (κ2) is 5.53. The van der Waals surface area contributed by atoms with E-state index in [1.165, 1.54) is 5.19 Å². The molecule has 1 aromatic rings. The van der Waals surface area contributed by atoms with E-state index in [1.807, 2.05) is 12.1 Å². The minimum absolute atomic E-state index is 0.214. The van der Waals surface area contributed by atoms with E-state index >= 15 is 0 Å². The Bertz CT molecular complexity index is 248. The first-order valence-electron chi connectivity index (χ1n) is 4.13. The molecule has 1 aromatic carbocycles. The van der Waals surface area contributed by atoms with Gasteiger partial charge >= 0.3 is 0 Å². The van der Waals surface area contributed by atoms with Crippen molar-refractivity contribution in [2.24, 2.45) is 0 Å². The molecule has 72 valence electrons. The van der Waals surface area contributed by atoms with Crippen LogP contribution in [-0.2, 0) is 0 Å². The maximum absolute atomic E-state index is 5.66. The Labute approximate surface area is 90.8 Å². The molecule has 0 aromatic heterocycles. The molecule has 0 heterocycles. The van der Waals surface area contributed by atoms with Crippen LogP contribution >= 0.6 is 23.2 Å². The van der Waals surface area contributed by atoms with Gasteiger partial charge in [-0.05, 0) is 18.2 Å². The Kier molecular flexibility index (Phi) is 4.63. The normalized spacial score (nSPS) is 11.4. The molecule has 0 atom stereocenters. The second-order valence-electron chi connectivity index (χ2n) is 2.78. The summed E-state index contributed by atoms with van der Waals surface area (Å²) in [5, 5.41) is 1.37. The summed E-state index contributed by atoms with van der Waals surface area (Å²) in [6, 6.07) is 9.04. The van der Waals surface area contributed by atoms with Gasteiger partial charge in [0.1, 0.15) is 10.6 Å². The lowest BCUT2D eigenvalue weighted by Gasteiger charge is -2.02. The summed E-state index contributed by atoms with van der Waals surface area (Å²) in [7, 11) is 1.36. The lowest BCUT2D eigenvalue weighted by molar-refractivity contribution is 0.415. The summed E-state index contributed by atoms with van der Waals surface area (Å²) in [4.78, 5) is -0.214. The van der Waals surface area contributed by atoms with Gasteiger partial charge in [0.05, 0.1) is 16.6 Å². The molecule has 0 saturated heterocycles. The molecule has 1 nitrogen and oxygen atoms in total. The lowest BCUT2D eigenvalue weighted by Crippen LogP contribution is -2.14. The van der Waals surface area contributed by atoms with Crippen LogP contribution < -0.4 is 9.92 Å². The van der Waals surface area contributed by atoms with Gasteiger partial charge in [-0.3, -0.25) is 0 Å². The van der Waals surface area contributed by atoms with Gasteiger partial charge in [0.25, 0.3) is 0 Å². The number of hydrogen-bond acceptors (Lipinski definition) is 1. The van der Waals surface area contributed by atoms with Gasteiger partial charge in [-0.25, -0.2) is 0 Å². The Morgan fingerprint density at radius 2 is 1.92 bits per heavy atom. The van der Waals surface area contributed by atoms with Crippen LogP contribution in [0.25, 0.3) is 0 Å². The summed E-state index contributed by atoms with van der Waals surface area (Å²) >= 11 is 11.3. The predicted molar refractivity (Wildman–Crippen MR) is 61.5 cm³/mol. The van der Waals surface area contributed by atoms with Gasteiger partial charge in [-0.15, -0.1) is 23.2 Å². The predicted octanol–water partition coefficient (Wildman–Crippen LogP) is 1.71. The summed E-state index contributed by atoms with van der Waals surface area (Å²) in [5.74, 6) is 0.894. The topological polar surface area (TPSA) is 9.23 Å². The molecule has 0 aliphatic rings. The zero-order valence-corrected chi connectivity index (χ0v) is 10.4. The SMILES string of the molecule is COc1ccc([SiH2]CC(Cl)Cl)cc1. The Balaban J connectivity index is 2.49. The van der Waals surface area contributed by atoms with Gasteiger partial charge in [0.2, 0.25) is 0 Å². The largest absolute Gasteiger partial charge is 0.497 e.